The minimum atomic E-state index is -3.07. The van der Waals surface area contributed by atoms with Crippen molar-refractivity contribution < 1.29 is 24.5 Å². The number of hydrogen-bond acceptors (Lipinski definition) is 5. The molecule has 0 radical (unpaired) electrons. The van der Waals surface area contributed by atoms with Crippen LogP contribution in [0, 0.1) is 0 Å². The van der Waals surface area contributed by atoms with Gasteiger partial charge in [0.2, 0.25) is 5.78 Å². The highest BCUT2D eigenvalue weighted by Crippen LogP contribution is 2.15. The number of ketones is 1. The molecule has 0 aromatic rings. The Morgan fingerprint density at radius 1 is 1.31 bits per heavy atom. The van der Waals surface area contributed by atoms with Crippen LogP contribution < -0.4 is 0 Å². The molecule has 0 heterocycles. The molecule has 16 heavy (non-hydrogen) atoms. The van der Waals surface area contributed by atoms with E-state index in [1.807, 2.05) is 0 Å². The zero-order chi connectivity index (χ0) is 13.0. The fourth-order valence-electron chi connectivity index (χ4n) is 0.871. The van der Waals surface area contributed by atoms with Crippen LogP contribution in [0.15, 0.2) is 12.7 Å². The van der Waals surface area contributed by atoms with Crippen molar-refractivity contribution in [3.8, 4) is 0 Å². The van der Waals surface area contributed by atoms with E-state index < -0.39 is 23.1 Å². The summed E-state index contributed by atoms with van der Waals surface area (Å²) in [5.74, 6) is -5.42. The van der Waals surface area contributed by atoms with Crippen molar-refractivity contribution in [1.82, 2.24) is 0 Å². The highest BCUT2D eigenvalue weighted by Gasteiger charge is 2.44. The average molecular weight is 230 g/mol. The van der Waals surface area contributed by atoms with Gasteiger partial charge in [0.15, 0.2) is 0 Å². The van der Waals surface area contributed by atoms with E-state index in [1.165, 1.54) is 6.08 Å². The maximum atomic E-state index is 11.3. The summed E-state index contributed by atoms with van der Waals surface area (Å²) in [6, 6.07) is 0. The first-order chi connectivity index (χ1) is 7.11. The molecule has 0 saturated heterocycles. The number of allylic oxidation sites excluding steroid dienone is 1. The van der Waals surface area contributed by atoms with Crippen molar-refractivity contribution in [2.24, 2.45) is 0 Å². The molecule has 0 unspecified atom stereocenters. The summed E-state index contributed by atoms with van der Waals surface area (Å²) in [6.45, 7) is 8.08. The van der Waals surface area contributed by atoms with Gasteiger partial charge in [-0.1, -0.05) is 6.08 Å². The van der Waals surface area contributed by atoms with Crippen LogP contribution in [0.5, 0.6) is 0 Å². The number of esters is 1. The molecular formula is C11H18O5. The normalized spacial score (nSPS) is 12.1. The summed E-state index contributed by atoms with van der Waals surface area (Å²) < 4.78 is 4.72. The highest BCUT2D eigenvalue weighted by molar-refractivity contribution is 6.04. The van der Waals surface area contributed by atoms with Gasteiger partial charge in [-0.2, -0.15) is 0 Å². The van der Waals surface area contributed by atoms with Crippen molar-refractivity contribution in [1.29, 1.82) is 0 Å². The largest absolute Gasteiger partial charge is 0.456 e. The van der Waals surface area contributed by atoms with Crippen LogP contribution in [0.4, 0.5) is 0 Å². The zero-order valence-corrected chi connectivity index (χ0v) is 9.82. The van der Waals surface area contributed by atoms with Crippen molar-refractivity contribution in [2.45, 2.75) is 45.0 Å². The first-order valence-corrected chi connectivity index (χ1v) is 4.93. The lowest BCUT2D eigenvalue weighted by Gasteiger charge is -2.25. The van der Waals surface area contributed by atoms with Crippen LogP contribution in [0.3, 0.4) is 0 Å². The van der Waals surface area contributed by atoms with Gasteiger partial charge in [0.1, 0.15) is 5.60 Å². The summed E-state index contributed by atoms with van der Waals surface area (Å²) >= 11 is 0. The van der Waals surface area contributed by atoms with Gasteiger partial charge in [-0.15, -0.1) is 6.58 Å². The van der Waals surface area contributed by atoms with Crippen molar-refractivity contribution in [3.63, 3.8) is 0 Å². The summed E-state index contributed by atoms with van der Waals surface area (Å²) in [5, 5.41) is 18.7. The van der Waals surface area contributed by atoms with Gasteiger partial charge in [-0.25, -0.2) is 4.79 Å². The van der Waals surface area contributed by atoms with Crippen molar-refractivity contribution in [2.75, 3.05) is 0 Å². The molecule has 0 aromatic heterocycles. The lowest BCUT2D eigenvalue weighted by atomic mass is 10.1. The fourth-order valence-corrected chi connectivity index (χ4v) is 0.871. The van der Waals surface area contributed by atoms with Gasteiger partial charge in [0, 0.05) is 6.42 Å². The quantitative estimate of drug-likeness (QED) is 0.312. The van der Waals surface area contributed by atoms with E-state index in [0.717, 1.165) is 0 Å². The van der Waals surface area contributed by atoms with E-state index in [-0.39, 0.29) is 12.8 Å². The van der Waals surface area contributed by atoms with Crippen LogP contribution in [0.1, 0.15) is 33.6 Å². The molecule has 0 aliphatic heterocycles. The first-order valence-electron chi connectivity index (χ1n) is 4.93. The van der Waals surface area contributed by atoms with E-state index in [0.29, 0.717) is 0 Å². The molecule has 5 nitrogen and oxygen atoms in total. The molecule has 0 saturated carbocycles. The van der Waals surface area contributed by atoms with Gasteiger partial charge in [-0.05, 0) is 27.2 Å². The Labute approximate surface area is 94.7 Å². The van der Waals surface area contributed by atoms with E-state index >= 15 is 0 Å². The molecule has 0 aliphatic carbocycles. The van der Waals surface area contributed by atoms with Gasteiger partial charge < -0.3 is 14.9 Å². The number of carbonyl (C=O) groups is 2. The molecule has 0 rings (SSSR count). The topological polar surface area (TPSA) is 83.8 Å². The number of ether oxygens (including phenoxy) is 1. The van der Waals surface area contributed by atoms with E-state index in [9.17, 15) is 19.8 Å². The van der Waals surface area contributed by atoms with E-state index in [2.05, 4.69) is 6.58 Å². The van der Waals surface area contributed by atoms with Crippen molar-refractivity contribution in [3.05, 3.63) is 12.7 Å². The molecule has 92 valence electrons. The van der Waals surface area contributed by atoms with Crippen LogP contribution in [0.25, 0.3) is 0 Å². The summed E-state index contributed by atoms with van der Waals surface area (Å²) in [5.41, 5.74) is -0.882. The summed E-state index contributed by atoms with van der Waals surface area (Å²) in [4.78, 5) is 22.6. The first kappa shape index (κ1) is 14.8. The van der Waals surface area contributed by atoms with E-state index in [4.69, 9.17) is 4.74 Å². The van der Waals surface area contributed by atoms with Crippen LogP contribution in [-0.2, 0) is 14.3 Å². The number of aliphatic hydroxyl groups is 2. The summed E-state index contributed by atoms with van der Waals surface area (Å²) in [7, 11) is 0. The molecule has 0 aromatic carbocycles. The molecule has 5 heteroatoms. The van der Waals surface area contributed by atoms with Gasteiger partial charge in [0.05, 0.1) is 0 Å². The Balaban J connectivity index is 4.58. The van der Waals surface area contributed by atoms with Crippen LogP contribution in [0.2, 0.25) is 0 Å². The summed E-state index contributed by atoms with van der Waals surface area (Å²) in [6.07, 6.45) is 1.54. The lowest BCUT2D eigenvalue weighted by Crippen LogP contribution is -2.49. The predicted octanol–water partition coefficient (Wildman–Crippen LogP) is 0.544. The van der Waals surface area contributed by atoms with Gasteiger partial charge in [-0.3, -0.25) is 4.79 Å². The van der Waals surface area contributed by atoms with Gasteiger partial charge >= 0.3 is 11.8 Å². The zero-order valence-electron chi connectivity index (χ0n) is 9.82. The second kappa shape index (κ2) is 5.23. The third-order valence-corrected chi connectivity index (χ3v) is 1.65. The second-order valence-electron chi connectivity index (χ2n) is 4.42. The standard InChI is InChI=1S/C11H18O5/c1-5-6-7-8(12)11(14,15)9(13)16-10(2,3)4/h5,14-15H,1,6-7H2,2-4H3. The fraction of sp³-hybridized carbons (Fsp3) is 0.636. The Bertz CT molecular complexity index is 285. The average Bonchev–Trinajstić information content (AvgIpc) is 2.11. The molecule has 0 spiro atoms. The molecule has 0 amide bonds. The van der Waals surface area contributed by atoms with Crippen molar-refractivity contribution >= 4 is 11.8 Å². The van der Waals surface area contributed by atoms with Gasteiger partial charge in [0.25, 0.3) is 0 Å². The van der Waals surface area contributed by atoms with Crippen LogP contribution in [-0.4, -0.2) is 33.4 Å². The molecule has 0 atom stereocenters. The Hall–Kier alpha value is -1.20. The third kappa shape index (κ3) is 4.55. The maximum absolute atomic E-state index is 11.3. The predicted molar refractivity (Wildman–Crippen MR) is 57.5 cm³/mol. The molecule has 2 N–H and O–H groups in total. The highest BCUT2D eigenvalue weighted by atomic mass is 16.6. The number of Topliss-reactive ketones (excluding diaryl/α,β-unsaturated/α-hetero) is 1. The molecule has 0 aliphatic rings. The smallest absolute Gasteiger partial charge is 0.375 e. The Kier molecular flexibility index (Phi) is 4.83. The molecular weight excluding hydrogens is 212 g/mol. The number of carbonyl (C=O) groups excluding carboxylic acids is 2. The minimum Gasteiger partial charge on any atom is -0.456 e. The third-order valence-electron chi connectivity index (χ3n) is 1.65. The minimum absolute atomic E-state index is 0.171. The number of rotatable bonds is 5. The van der Waals surface area contributed by atoms with Crippen LogP contribution >= 0.6 is 0 Å². The molecule has 0 fully saturated rings. The Morgan fingerprint density at radius 3 is 2.19 bits per heavy atom. The Morgan fingerprint density at radius 2 is 1.81 bits per heavy atom. The number of hydrogen-bond donors (Lipinski definition) is 2. The van der Waals surface area contributed by atoms with E-state index in [1.54, 1.807) is 20.8 Å². The SMILES string of the molecule is C=CCCC(=O)C(O)(O)C(=O)OC(C)(C)C. The monoisotopic (exact) mass is 230 g/mol. The molecule has 0 bridgehead atoms. The second-order valence-corrected chi connectivity index (χ2v) is 4.42. The maximum Gasteiger partial charge on any atom is 0.375 e. The lowest BCUT2D eigenvalue weighted by molar-refractivity contribution is -0.216.